The van der Waals surface area contributed by atoms with Crippen LogP contribution < -0.4 is 14.8 Å². The number of ether oxygens (including phenoxy) is 2. The van der Waals surface area contributed by atoms with Crippen molar-refractivity contribution in [3.05, 3.63) is 72.1 Å². The average molecular weight is 494 g/mol. The third-order valence-electron chi connectivity index (χ3n) is 6.04. The molecule has 0 saturated heterocycles. The van der Waals surface area contributed by atoms with Gasteiger partial charge in [-0.05, 0) is 30.2 Å². The first-order chi connectivity index (χ1) is 17.5. The summed E-state index contributed by atoms with van der Waals surface area (Å²) in [7, 11) is 1.48. The van der Waals surface area contributed by atoms with Crippen LogP contribution in [0.2, 0.25) is 0 Å². The van der Waals surface area contributed by atoms with Gasteiger partial charge in [0.05, 0.1) is 19.4 Å². The van der Waals surface area contributed by atoms with Gasteiger partial charge in [-0.15, -0.1) is 0 Å². The topological polar surface area (TPSA) is 95.8 Å². The number of nitrogens with zero attached hydrogens (tertiary/aromatic N) is 4. The number of alkyl halides is 1. The molecule has 0 fully saturated rings. The molecule has 2 atom stereocenters. The summed E-state index contributed by atoms with van der Waals surface area (Å²) in [5.41, 5.74) is 2.02. The van der Waals surface area contributed by atoms with E-state index in [1.165, 1.54) is 23.2 Å². The zero-order valence-corrected chi connectivity index (χ0v) is 20.1. The highest BCUT2D eigenvalue weighted by molar-refractivity contribution is 6.06. The number of aliphatic imine (C=N–C) groups is 1. The number of urea groups is 1. The predicted octanol–water partition coefficient (Wildman–Crippen LogP) is 4.23. The Morgan fingerprint density at radius 1 is 1.22 bits per heavy atom. The summed E-state index contributed by atoms with van der Waals surface area (Å²) < 4.78 is 23.3. The zero-order chi connectivity index (χ0) is 25.5. The summed E-state index contributed by atoms with van der Waals surface area (Å²) in [6, 6.07) is 13.9. The van der Waals surface area contributed by atoms with Gasteiger partial charge in [-0.2, -0.15) is 5.10 Å². The monoisotopic (exact) mass is 493 g/mol. The maximum atomic E-state index is 13.3. The summed E-state index contributed by atoms with van der Waals surface area (Å²) in [4.78, 5) is 31.8. The highest BCUT2D eigenvalue weighted by atomic mass is 19.1. The van der Waals surface area contributed by atoms with Crippen LogP contribution in [0.15, 0.2) is 71.0 Å². The molecule has 0 aliphatic carbocycles. The summed E-state index contributed by atoms with van der Waals surface area (Å²) >= 11 is 0. The van der Waals surface area contributed by atoms with E-state index in [0.29, 0.717) is 35.6 Å². The molecular weight excluding hydrogens is 465 g/mol. The molecule has 10 heteroatoms. The number of benzene rings is 2. The van der Waals surface area contributed by atoms with Crippen LogP contribution in [0.5, 0.6) is 11.5 Å². The maximum absolute atomic E-state index is 13.3. The highest BCUT2D eigenvalue weighted by Crippen LogP contribution is 2.33. The number of methoxy groups -OCH3 is 1. The normalized spacial score (nSPS) is 18.0. The zero-order valence-electron chi connectivity index (χ0n) is 20.1. The molecule has 2 aliphatic rings. The van der Waals surface area contributed by atoms with Gasteiger partial charge in [-0.25, -0.2) is 14.2 Å². The van der Waals surface area contributed by atoms with Gasteiger partial charge < -0.3 is 14.8 Å². The average Bonchev–Trinajstić information content (AvgIpc) is 2.92. The second kappa shape index (κ2) is 11.5. The number of nitrogens with one attached hydrogen (secondary N) is 1. The van der Waals surface area contributed by atoms with Crippen LogP contribution >= 0.6 is 0 Å². The van der Waals surface area contributed by atoms with Crippen molar-refractivity contribution in [3.63, 3.8) is 0 Å². The van der Waals surface area contributed by atoms with Crippen molar-refractivity contribution in [2.24, 2.45) is 16.0 Å². The molecule has 0 spiro atoms. The Hall–Kier alpha value is -4.21. The van der Waals surface area contributed by atoms with E-state index in [2.05, 4.69) is 10.3 Å². The lowest BCUT2D eigenvalue weighted by atomic mass is 9.89. The molecule has 0 saturated carbocycles. The fourth-order valence-electron chi connectivity index (χ4n) is 4.14. The highest BCUT2D eigenvalue weighted by Gasteiger charge is 2.35. The van der Waals surface area contributed by atoms with Crippen LogP contribution in [0.25, 0.3) is 0 Å². The number of carbonyl (C=O) groups excluding carboxylic acids is 2. The second-order valence-electron chi connectivity index (χ2n) is 8.20. The number of amides is 3. The molecule has 2 heterocycles. The van der Waals surface area contributed by atoms with E-state index in [1.807, 2.05) is 37.3 Å². The van der Waals surface area contributed by atoms with E-state index in [0.717, 1.165) is 0 Å². The molecule has 0 bridgehead atoms. The van der Waals surface area contributed by atoms with Gasteiger partial charge in [-0.3, -0.25) is 14.7 Å². The number of rotatable bonds is 8. The van der Waals surface area contributed by atoms with Crippen LogP contribution in [0, 0.1) is 5.92 Å². The van der Waals surface area contributed by atoms with E-state index >= 15 is 0 Å². The third kappa shape index (κ3) is 5.37. The minimum Gasteiger partial charge on any atom is -0.493 e. The second-order valence-corrected chi connectivity index (χ2v) is 8.20. The Bertz CT molecular complexity index is 1180. The molecular formula is C26H28FN5O4. The molecule has 2 unspecified atom stereocenters. The molecule has 1 N–H and O–H groups in total. The minimum atomic E-state index is -1.01. The Kier molecular flexibility index (Phi) is 7.94. The van der Waals surface area contributed by atoms with Crippen molar-refractivity contribution < 1.29 is 23.5 Å². The Labute approximate surface area is 208 Å². The molecule has 0 aromatic heterocycles. The van der Waals surface area contributed by atoms with Crippen molar-refractivity contribution in [3.8, 4) is 11.5 Å². The molecule has 188 valence electrons. The van der Waals surface area contributed by atoms with E-state index in [-0.39, 0.29) is 24.0 Å². The Morgan fingerprint density at radius 3 is 2.69 bits per heavy atom. The molecule has 9 nitrogen and oxygen atoms in total. The van der Waals surface area contributed by atoms with Crippen LogP contribution in [-0.2, 0) is 4.79 Å². The van der Waals surface area contributed by atoms with Crippen molar-refractivity contribution in [2.45, 2.75) is 25.9 Å². The third-order valence-corrected chi connectivity index (χ3v) is 6.04. The van der Waals surface area contributed by atoms with Gasteiger partial charge in [0, 0.05) is 36.5 Å². The molecule has 3 amide bonds. The maximum Gasteiger partial charge on any atom is 0.323 e. The van der Waals surface area contributed by atoms with Gasteiger partial charge in [0.2, 0.25) is 12.8 Å². The van der Waals surface area contributed by atoms with Gasteiger partial charge in [-0.1, -0.05) is 37.3 Å². The van der Waals surface area contributed by atoms with Crippen LogP contribution in [0.3, 0.4) is 0 Å². The van der Waals surface area contributed by atoms with Gasteiger partial charge >= 0.3 is 6.03 Å². The first-order valence-electron chi connectivity index (χ1n) is 11.6. The fraction of sp³-hybridized carbons (Fsp3) is 0.308. The summed E-state index contributed by atoms with van der Waals surface area (Å²) in [6.45, 7) is 1.28. The van der Waals surface area contributed by atoms with Crippen molar-refractivity contribution in [1.29, 1.82) is 0 Å². The molecule has 36 heavy (non-hydrogen) atoms. The largest absolute Gasteiger partial charge is 0.493 e. The molecule has 0 radical (unpaired) electrons. The molecule has 2 aromatic rings. The smallest absolute Gasteiger partial charge is 0.323 e. The van der Waals surface area contributed by atoms with Crippen LogP contribution in [0.1, 0.15) is 37.1 Å². The van der Waals surface area contributed by atoms with E-state index in [1.54, 1.807) is 30.6 Å². The first-order valence-corrected chi connectivity index (χ1v) is 11.6. The number of hydrogen-bond donors (Lipinski definition) is 1. The molecule has 4 rings (SSSR count). The van der Waals surface area contributed by atoms with Gasteiger partial charge in [0.1, 0.15) is 0 Å². The molecule has 2 aromatic carbocycles. The van der Waals surface area contributed by atoms with E-state index in [4.69, 9.17) is 14.6 Å². The predicted molar refractivity (Wildman–Crippen MR) is 133 cm³/mol. The summed E-state index contributed by atoms with van der Waals surface area (Å²) in [6.07, 6.45) is 4.74. The number of carbonyl (C=O) groups is 2. The van der Waals surface area contributed by atoms with Crippen LogP contribution in [0.4, 0.5) is 9.18 Å². The van der Waals surface area contributed by atoms with E-state index < -0.39 is 19.1 Å². The SMILES string of the molecule is CCC1CC(=O)N(C(NC(=O)N2C=CN=CC2)c2ccccc2)N=C1c1ccc(OC)c(OCF)c1. The lowest BCUT2D eigenvalue weighted by molar-refractivity contribution is -0.135. The van der Waals surface area contributed by atoms with Crippen molar-refractivity contribution in [1.82, 2.24) is 15.2 Å². The minimum absolute atomic E-state index is 0.159. The molecule has 2 aliphatic heterocycles. The Balaban J connectivity index is 1.74. The van der Waals surface area contributed by atoms with Gasteiger partial charge in [0.25, 0.3) is 0 Å². The number of hydrogen-bond acceptors (Lipinski definition) is 6. The van der Waals surface area contributed by atoms with E-state index in [9.17, 15) is 14.0 Å². The number of hydrazone groups is 1. The van der Waals surface area contributed by atoms with Crippen LogP contribution in [-0.4, -0.2) is 54.3 Å². The number of halogens is 1. The standard InChI is InChI=1S/C26H28FN5O4/c1-3-18-16-23(33)32(30-24(18)20-9-10-21(35-2)22(15-20)36-17-27)25(19-7-5-4-6-8-19)29-26(34)31-13-11-28-12-14-31/h4-13,15,18,25H,3,14,16-17H2,1-2H3,(H,29,34). The summed E-state index contributed by atoms with van der Waals surface area (Å²) in [5.74, 6) is 0.254. The lowest BCUT2D eigenvalue weighted by Crippen LogP contribution is -2.49. The quantitative estimate of drug-likeness (QED) is 0.595. The fourth-order valence-corrected chi connectivity index (χ4v) is 4.14. The lowest BCUT2D eigenvalue weighted by Gasteiger charge is -2.35. The summed E-state index contributed by atoms with van der Waals surface area (Å²) in [5, 5.41) is 9.00. The first kappa shape index (κ1) is 24.9. The van der Waals surface area contributed by atoms with Crippen molar-refractivity contribution >= 4 is 23.9 Å². The van der Waals surface area contributed by atoms with Crippen molar-refractivity contribution in [2.75, 3.05) is 20.5 Å². The Morgan fingerprint density at radius 2 is 2.03 bits per heavy atom. The van der Waals surface area contributed by atoms with Gasteiger partial charge in [0.15, 0.2) is 17.7 Å².